The molecule has 4 rings (SSSR count). The number of hydrogen-bond acceptors (Lipinski definition) is 5. The number of hydrogen-bond donors (Lipinski definition) is 1. The number of piperazine rings is 1. The van der Waals surface area contributed by atoms with E-state index in [1.807, 2.05) is 16.2 Å². The van der Waals surface area contributed by atoms with Crippen LogP contribution >= 0.6 is 35.3 Å². The minimum absolute atomic E-state index is 0. The van der Waals surface area contributed by atoms with Crippen LogP contribution in [-0.2, 0) is 17.8 Å². The van der Waals surface area contributed by atoms with Gasteiger partial charge in [-0.15, -0.1) is 35.3 Å². The molecule has 1 amide bonds. The van der Waals surface area contributed by atoms with Gasteiger partial charge in [-0.1, -0.05) is 0 Å². The summed E-state index contributed by atoms with van der Waals surface area (Å²) in [6, 6.07) is 2.26. The molecular weight excluding hydrogens is 535 g/mol. The Labute approximate surface area is 214 Å². The summed E-state index contributed by atoms with van der Waals surface area (Å²) < 4.78 is 0. The van der Waals surface area contributed by atoms with Crippen LogP contribution in [0.4, 0.5) is 0 Å². The van der Waals surface area contributed by atoms with E-state index in [4.69, 9.17) is 4.99 Å². The van der Waals surface area contributed by atoms with Gasteiger partial charge in [-0.3, -0.25) is 19.6 Å². The first kappa shape index (κ1) is 25.7. The van der Waals surface area contributed by atoms with Crippen molar-refractivity contribution in [2.45, 2.75) is 45.7 Å². The van der Waals surface area contributed by atoms with Crippen molar-refractivity contribution >= 4 is 47.2 Å². The van der Waals surface area contributed by atoms with Gasteiger partial charge in [-0.25, -0.2) is 0 Å². The molecule has 1 atom stereocenters. The maximum atomic E-state index is 12.7. The van der Waals surface area contributed by atoms with Crippen molar-refractivity contribution in [2.24, 2.45) is 4.99 Å². The Morgan fingerprint density at radius 2 is 1.88 bits per heavy atom. The third-order valence-corrected chi connectivity index (χ3v) is 7.86. The van der Waals surface area contributed by atoms with E-state index in [1.165, 1.54) is 12.0 Å². The fourth-order valence-corrected chi connectivity index (χ4v) is 5.79. The van der Waals surface area contributed by atoms with Crippen LogP contribution in [0.15, 0.2) is 16.4 Å². The summed E-state index contributed by atoms with van der Waals surface area (Å²) in [5, 5.41) is 5.70. The van der Waals surface area contributed by atoms with E-state index in [1.54, 1.807) is 4.88 Å². The fourth-order valence-electron chi connectivity index (χ4n) is 4.90. The van der Waals surface area contributed by atoms with Gasteiger partial charge >= 0.3 is 0 Å². The minimum atomic E-state index is -0.0131. The minimum Gasteiger partial charge on any atom is -0.357 e. The highest BCUT2D eigenvalue weighted by Crippen LogP contribution is 2.23. The summed E-state index contributed by atoms with van der Waals surface area (Å²) in [4.78, 5) is 28.5. The zero-order valence-electron chi connectivity index (χ0n) is 19.6. The van der Waals surface area contributed by atoms with Gasteiger partial charge < -0.3 is 15.1 Å². The van der Waals surface area contributed by atoms with Gasteiger partial charge in [-0.2, -0.15) is 0 Å². The number of nitrogens with one attached hydrogen (secondary N) is 1. The van der Waals surface area contributed by atoms with E-state index in [0.29, 0.717) is 5.91 Å². The number of carbonyl (C=O) groups excluding carboxylic acids is 1. The lowest BCUT2D eigenvalue weighted by Gasteiger charge is -2.39. The number of halogens is 1. The van der Waals surface area contributed by atoms with Gasteiger partial charge in [0.2, 0.25) is 5.91 Å². The Kier molecular flexibility index (Phi) is 10.1. The Morgan fingerprint density at radius 3 is 2.59 bits per heavy atom. The SMILES string of the molecule is CCNC(=NCCN1CCc2sccc2C1)N1CCN(C(C)C(=O)N2CCCC2)CC1.I. The molecule has 2 fully saturated rings. The number of thiophene rings is 1. The van der Waals surface area contributed by atoms with Crippen LogP contribution in [0.1, 0.15) is 37.1 Å². The first-order valence-electron chi connectivity index (χ1n) is 12.0. The maximum Gasteiger partial charge on any atom is 0.239 e. The molecule has 9 heteroatoms. The Morgan fingerprint density at radius 1 is 1.12 bits per heavy atom. The van der Waals surface area contributed by atoms with Crippen molar-refractivity contribution in [3.05, 3.63) is 21.9 Å². The standard InChI is InChI=1S/C23H38N6OS.HI/c1-3-24-23(25-8-12-26-11-6-21-20(18-26)7-17-31-21)29-15-13-27(14-16-29)19(2)22(30)28-9-4-5-10-28;/h7,17,19H,3-6,8-16,18H2,1-2H3,(H,24,25);1H. The highest BCUT2D eigenvalue weighted by molar-refractivity contribution is 14.0. The van der Waals surface area contributed by atoms with Crippen molar-refractivity contribution in [1.82, 2.24) is 24.9 Å². The fraction of sp³-hybridized carbons (Fsp3) is 0.739. The lowest BCUT2D eigenvalue weighted by molar-refractivity contribution is -0.135. The van der Waals surface area contributed by atoms with Crippen LogP contribution in [0, 0.1) is 0 Å². The Hall–Kier alpha value is -0.910. The molecule has 7 nitrogen and oxygen atoms in total. The number of rotatable bonds is 6. The largest absolute Gasteiger partial charge is 0.357 e. The third kappa shape index (κ3) is 6.36. The van der Waals surface area contributed by atoms with E-state index in [0.717, 1.165) is 90.8 Å². The second-order valence-corrected chi connectivity index (χ2v) is 9.86. The van der Waals surface area contributed by atoms with Gasteiger partial charge in [0.25, 0.3) is 0 Å². The molecule has 0 bridgehead atoms. The molecule has 0 radical (unpaired) electrons. The van der Waals surface area contributed by atoms with Gasteiger partial charge in [0.05, 0.1) is 12.6 Å². The number of fused-ring (bicyclic) bond motifs is 1. The van der Waals surface area contributed by atoms with Crippen LogP contribution in [0.5, 0.6) is 0 Å². The van der Waals surface area contributed by atoms with E-state index >= 15 is 0 Å². The second kappa shape index (κ2) is 12.5. The van der Waals surface area contributed by atoms with Crippen molar-refractivity contribution < 1.29 is 4.79 Å². The summed E-state index contributed by atoms with van der Waals surface area (Å²) in [5.74, 6) is 1.33. The number of aliphatic imine (C=N–C) groups is 1. The molecule has 180 valence electrons. The third-order valence-electron chi connectivity index (χ3n) is 6.84. The van der Waals surface area contributed by atoms with E-state index < -0.39 is 0 Å². The first-order chi connectivity index (χ1) is 15.2. The maximum absolute atomic E-state index is 12.7. The van der Waals surface area contributed by atoms with Crippen molar-refractivity contribution in [1.29, 1.82) is 0 Å². The summed E-state index contributed by atoms with van der Waals surface area (Å²) in [6.45, 7) is 14.7. The summed E-state index contributed by atoms with van der Waals surface area (Å²) >= 11 is 1.89. The van der Waals surface area contributed by atoms with Gasteiger partial charge in [-0.05, 0) is 50.1 Å². The molecule has 3 aliphatic heterocycles. The molecule has 2 saturated heterocycles. The monoisotopic (exact) mass is 574 g/mol. The van der Waals surface area contributed by atoms with Crippen LogP contribution in [-0.4, -0.2) is 103 Å². The molecule has 0 saturated carbocycles. The molecule has 1 aromatic rings. The van der Waals surface area contributed by atoms with Crippen LogP contribution in [0.25, 0.3) is 0 Å². The molecule has 32 heavy (non-hydrogen) atoms. The van der Waals surface area contributed by atoms with Crippen LogP contribution < -0.4 is 5.32 Å². The number of nitrogens with zero attached hydrogens (tertiary/aromatic N) is 5. The molecule has 0 aliphatic carbocycles. The average molecular weight is 575 g/mol. The van der Waals surface area contributed by atoms with E-state index in [9.17, 15) is 4.79 Å². The molecule has 3 aliphatic rings. The quantitative estimate of drug-likeness (QED) is 0.321. The van der Waals surface area contributed by atoms with Crippen molar-refractivity contribution in [3.63, 3.8) is 0 Å². The average Bonchev–Trinajstić information content (AvgIpc) is 3.49. The van der Waals surface area contributed by atoms with Crippen LogP contribution in [0.2, 0.25) is 0 Å². The van der Waals surface area contributed by atoms with E-state index in [2.05, 4.69) is 45.3 Å². The number of guanidine groups is 1. The van der Waals surface area contributed by atoms with E-state index in [-0.39, 0.29) is 30.0 Å². The highest BCUT2D eigenvalue weighted by Gasteiger charge is 2.30. The lowest BCUT2D eigenvalue weighted by Crippen LogP contribution is -2.57. The van der Waals surface area contributed by atoms with Gasteiger partial charge in [0.1, 0.15) is 0 Å². The summed E-state index contributed by atoms with van der Waals surface area (Å²) in [6.07, 6.45) is 3.48. The normalized spacial score (nSPS) is 21.2. The first-order valence-corrected chi connectivity index (χ1v) is 12.9. The van der Waals surface area contributed by atoms with Crippen molar-refractivity contribution in [3.8, 4) is 0 Å². The lowest BCUT2D eigenvalue weighted by atomic mass is 10.1. The number of carbonyl (C=O) groups is 1. The molecule has 4 heterocycles. The molecule has 1 N–H and O–H groups in total. The molecular formula is C23H39IN6OS. The van der Waals surface area contributed by atoms with Crippen molar-refractivity contribution in [2.75, 3.05) is 65.4 Å². The molecule has 1 aromatic heterocycles. The van der Waals surface area contributed by atoms with Crippen LogP contribution in [0.3, 0.4) is 0 Å². The van der Waals surface area contributed by atoms with Gasteiger partial charge in [0.15, 0.2) is 5.96 Å². The molecule has 0 aromatic carbocycles. The predicted octanol–water partition coefficient (Wildman–Crippen LogP) is 2.32. The summed E-state index contributed by atoms with van der Waals surface area (Å²) in [5.41, 5.74) is 1.50. The Bertz CT molecular complexity index is 757. The Balaban J connectivity index is 0.00000289. The zero-order chi connectivity index (χ0) is 21.6. The highest BCUT2D eigenvalue weighted by atomic mass is 127. The predicted molar refractivity (Wildman–Crippen MR) is 143 cm³/mol. The second-order valence-electron chi connectivity index (χ2n) is 8.86. The number of likely N-dealkylation sites (tertiary alicyclic amines) is 1. The number of amides is 1. The van der Waals surface area contributed by atoms with Gasteiger partial charge in [0, 0.05) is 70.3 Å². The molecule has 1 unspecified atom stereocenters. The summed E-state index contributed by atoms with van der Waals surface area (Å²) in [7, 11) is 0. The topological polar surface area (TPSA) is 54.4 Å². The zero-order valence-corrected chi connectivity index (χ0v) is 22.7. The molecule has 0 spiro atoms. The smallest absolute Gasteiger partial charge is 0.239 e.